The molecule has 0 spiro atoms. The summed E-state index contributed by atoms with van der Waals surface area (Å²) in [6, 6.07) is 0. The van der Waals surface area contributed by atoms with Crippen molar-refractivity contribution in [3.63, 3.8) is 0 Å². The third kappa shape index (κ3) is 2.76. The number of fused-ring (bicyclic) bond motifs is 7. The summed E-state index contributed by atoms with van der Waals surface area (Å²) in [6.45, 7) is 16.3. The maximum absolute atomic E-state index is 12.8. The molecule has 4 nitrogen and oxygen atoms in total. The molecule has 4 saturated carbocycles. The number of hydrogen-bond acceptors (Lipinski definition) is 3. The van der Waals surface area contributed by atoms with Crippen molar-refractivity contribution >= 4 is 5.97 Å². The zero-order chi connectivity index (χ0) is 25.1. The highest BCUT2D eigenvalue weighted by Crippen LogP contribution is 2.75. The first-order valence-electron chi connectivity index (χ1n) is 14.0. The first-order valence-corrected chi connectivity index (χ1v) is 14.0. The molecule has 11 atom stereocenters. The lowest BCUT2D eigenvalue weighted by molar-refractivity contribution is -0.232. The molecule has 1 unspecified atom stereocenters. The van der Waals surface area contributed by atoms with E-state index in [1.807, 2.05) is 0 Å². The van der Waals surface area contributed by atoms with Gasteiger partial charge in [0.1, 0.15) is 0 Å². The van der Waals surface area contributed by atoms with E-state index < -0.39 is 23.6 Å². The van der Waals surface area contributed by atoms with Gasteiger partial charge in [-0.25, -0.2) is 0 Å². The van der Waals surface area contributed by atoms with E-state index in [0.29, 0.717) is 30.1 Å². The third-order valence-corrected chi connectivity index (χ3v) is 13.4. The van der Waals surface area contributed by atoms with Crippen LogP contribution in [0.5, 0.6) is 0 Å². The number of carboxylic acid groups (broad SMARTS) is 1. The zero-order valence-electron chi connectivity index (χ0n) is 22.5. The summed E-state index contributed by atoms with van der Waals surface area (Å²) in [5.74, 6) is 1.30. The van der Waals surface area contributed by atoms with Crippen LogP contribution in [0.15, 0.2) is 11.6 Å². The second kappa shape index (κ2) is 7.34. The maximum Gasteiger partial charge on any atom is 0.310 e. The van der Waals surface area contributed by atoms with E-state index in [2.05, 4.69) is 54.5 Å². The molecule has 0 saturated heterocycles. The molecule has 5 aliphatic rings. The Morgan fingerprint density at radius 1 is 0.941 bits per heavy atom. The normalized spacial score (nSPS) is 56.3. The minimum atomic E-state index is -0.679. The number of allylic oxidation sites excluding steroid dienone is 2. The number of hydrogen-bond donors (Lipinski definition) is 3. The molecule has 0 bridgehead atoms. The SMILES string of the molecule is C[C@H]1[C@H](C)CC[C@]2(C(=O)O)CC[C@]3(C)C(=CC[C@@H]4[C@@]5(C)C[C@@H](O)[C@H](O)C(C)(C)C5CC[C@]43C)[C@@H]12. The van der Waals surface area contributed by atoms with Gasteiger partial charge in [-0.2, -0.15) is 0 Å². The van der Waals surface area contributed by atoms with Crippen LogP contribution in [0.3, 0.4) is 0 Å². The van der Waals surface area contributed by atoms with Crippen molar-refractivity contribution in [3.8, 4) is 0 Å². The molecule has 3 N–H and O–H groups in total. The van der Waals surface area contributed by atoms with Crippen LogP contribution in [-0.4, -0.2) is 33.5 Å². The second-order valence-corrected chi connectivity index (χ2v) is 14.6. The maximum atomic E-state index is 12.8. The summed E-state index contributed by atoms with van der Waals surface area (Å²) in [7, 11) is 0. The van der Waals surface area contributed by atoms with Gasteiger partial charge in [-0.1, -0.05) is 60.1 Å². The Hall–Kier alpha value is -0.870. The van der Waals surface area contributed by atoms with Gasteiger partial charge >= 0.3 is 5.97 Å². The molecule has 34 heavy (non-hydrogen) atoms. The van der Waals surface area contributed by atoms with E-state index in [4.69, 9.17) is 0 Å². The van der Waals surface area contributed by atoms with Gasteiger partial charge in [-0.3, -0.25) is 4.79 Å². The molecular weight excluding hydrogens is 424 g/mol. The molecule has 0 aromatic heterocycles. The number of carbonyl (C=O) groups is 1. The van der Waals surface area contributed by atoms with Crippen molar-refractivity contribution in [2.75, 3.05) is 0 Å². The molecule has 192 valence electrons. The molecule has 4 fully saturated rings. The molecule has 0 radical (unpaired) electrons. The molecule has 0 aliphatic heterocycles. The summed E-state index contributed by atoms with van der Waals surface area (Å²) in [6.07, 6.45) is 8.53. The Morgan fingerprint density at radius 3 is 2.26 bits per heavy atom. The average molecular weight is 473 g/mol. The highest BCUT2D eigenvalue weighted by atomic mass is 16.4. The lowest BCUT2D eigenvalue weighted by atomic mass is 9.33. The van der Waals surface area contributed by atoms with E-state index >= 15 is 0 Å². The second-order valence-electron chi connectivity index (χ2n) is 14.6. The Morgan fingerprint density at radius 2 is 1.62 bits per heavy atom. The molecule has 5 aliphatic carbocycles. The molecule has 0 heterocycles. The van der Waals surface area contributed by atoms with Gasteiger partial charge < -0.3 is 15.3 Å². The van der Waals surface area contributed by atoms with Gasteiger partial charge in [0, 0.05) is 0 Å². The van der Waals surface area contributed by atoms with Crippen LogP contribution in [0.1, 0.15) is 99.8 Å². The van der Waals surface area contributed by atoms with Crippen LogP contribution in [0, 0.1) is 56.7 Å². The summed E-state index contributed by atoms with van der Waals surface area (Å²) >= 11 is 0. The molecular formula is C30H48O4. The summed E-state index contributed by atoms with van der Waals surface area (Å²) in [5, 5.41) is 32.4. The predicted molar refractivity (Wildman–Crippen MR) is 134 cm³/mol. The smallest absolute Gasteiger partial charge is 0.310 e. The lowest BCUT2D eigenvalue weighted by Gasteiger charge is -2.71. The highest BCUT2D eigenvalue weighted by molar-refractivity contribution is 5.76. The Bertz CT molecular complexity index is 907. The summed E-state index contributed by atoms with van der Waals surface area (Å²) < 4.78 is 0. The van der Waals surface area contributed by atoms with Crippen LogP contribution in [0.4, 0.5) is 0 Å². The van der Waals surface area contributed by atoms with Crippen LogP contribution in [-0.2, 0) is 4.79 Å². The van der Waals surface area contributed by atoms with Crippen LogP contribution >= 0.6 is 0 Å². The van der Waals surface area contributed by atoms with Gasteiger partial charge in [-0.05, 0) is 103 Å². The van der Waals surface area contributed by atoms with E-state index in [1.165, 1.54) is 5.57 Å². The van der Waals surface area contributed by atoms with Crippen molar-refractivity contribution in [2.24, 2.45) is 56.7 Å². The molecule has 0 aromatic rings. The average Bonchev–Trinajstić information content (AvgIpc) is 2.75. The quantitative estimate of drug-likeness (QED) is 0.405. The van der Waals surface area contributed by atoms with E-state index in [0.717, 1.165) is 44.9 Å². The van der Waals surface area contributed by atoms with E-state index in [9.17, 15) is 20.1 Å². The molecule has 5 rings (SSSR count). The van der Waals surface area contributed by atoms with Gasteiger partial charge in [0.25, 0.3) is 0 Å². The monoisotopic (exact) mass is 472 g/mol. The Labute approximate surface area is 206 Å². The summed E-state index contributed by atoms with van der Waals surface area (Å²) in [5.41, 5.74) is 0.574. The van der Waals surface area contributed by atoms with E-state index in [-0.39, 0.29) is 27.6 Å². The van der Waals surface area contributed by atoms with Gasteiger partial charge in [0.05, 0.1) is 17.6 Å². The first kappa shape index (κ1) is 24.8. The molecule has 0 aromatic carbocycles. The van der Waals surface area contributed by atoms with Gasteiger partial charge in [0.2, 0.25) is 0 Å². The third-order valence-electron chi connectivity index (χ3n) is 13.4. The fourth-order valence-corrected chi connectivity index (χ4v) is 11.0. The minimum absolute atomic E-state index is 0.00993. The van der Waals surface area contributed by atoms with Gasteiger partial charge in [-0.15, -0.1) is 0 Å². The Balaban J connectivity index is 1.62. The predicted octanol–water partition coefficient (Wildman–Crippen LogP) is 6.06. The standard InChI is InChI=1S/C30H48O4/c1-17-10-13-30(25(33)34)15-14-28(6)19(23(30)18(17)2)8-9-22-27(5)16-20(31)24(32)26(3,4)21(27)11-12-29(22,28)7/h8,17-18,20-24,31-32H,9-16H2,1-7H3,(H,33,34)/t17-,18+,20-,21?,22-,23-,24+,27+,28-,29-,30+/m1/s1. The lowest BCUT2D eigenvalue weighted by Crippen LogP contribution is -2.67. The van der Waals surface area contributed by atoms with E-state index in [1.54, 1.807) is 0 Å². The number of carboxylic acids is 1. The number of rotatable bonds is 1. The van der Waals surface area contributed by atoms with Gasteiger partial charge in [0.15, 0.2) is 0 Å². The van der Waals surface area contributed by atoms with Crippen molar-refractivity contribution in [2.45, 2.75) is 112 Å². The number of aliphatic hydroxyl groups is 2. The minimum Gasteiger partial charge on any atom is -0.481 e. The fraction of sp³-hybridized carbons (Fsp3) is 0.900. The zero-order valence-corrected chi connectivity index (χ0v) is 22.5. The van der Waals surface area contributed by atoms with Crippen molar-refractivity contribution in [3.05, 3.63) is 11.6 Å². The fourth-order valence-electron chi connectivity index (χ4n) is 11.0. The molecule has 0 amide bonds. The summed E-state index contributed by atoms with van der Waals surface area (Å²) in [4.78, 5) is 12.8. The van der Waals surface area contributed by atoms with Crippen molar-refractivity contribution < 1.29 is 20.1 Å². The van der Waals surface area contributed by atoms with Crippen LogP contribution < -0.4 is 0 Å². The number of aliphatic carboxylic acids is 1. The van der Waals surface area contributed by atoms with Crippen molar-refractivity contribution in [1.82, 2.24) is 0 Å². The first-order chi connectivity index (χ1) is 15.7. The molecule has 4 heteroatoms. The largest absolute Gasteiger partial charge is 0.481 e. The Kier molecular flexibility index (Phi) is 5.36. The van der Waals surface area contributed by atoms with Crippen LogP contribution in [0.2, 0.25) is 0 Å². The topological polar surface area (TPSA) is 77.8 Å². The van der Waals surface area contributed by atoms with Crippen LogP contribution in [0.25, 0.3) is 0 Å². The number of aliphatic hydroxyl groups excluding tert-OH is 2. The van der Waals surface area contributed by atoms with Crippen molar-refractivity contribution in [1.29, 1.82) is 0 Å². The highest BCUT2D eigenvalue weighted by Gasteiger charge is 2.70.